The van der Waals surface area contributed by atoms with Crippen LogP contribution in [0.2, 0.25) is 0 Å². The lowest BCUT2D eigenvalue weighted by atomic mass is 9.97. The van der Waals surface area contributed by atoms with Crippen molar-refractivity contribution in [3.8, 4) is 123 Å². The Balaban J connectivity index is 0.000000141. The summed E-state index contributed by atoms with van der Waals surface area (Å²) >= 11 is 0. The van der Waals surface area contributed by atoms with Crippen LogP contribution < -0.4 is 0 Å². The van der Waals surface area contributed by atoms with E-state index in [4.69, 9.17) is 8.83 Å². The van der Waals surface area contributed by atoms with Gasteiger partial charge in [0.05, 0.1) is 22.1 Å². The highest BCUT2D eigenvalue weighted by Crippen LogP contribution is 2.43. The fourth-order valence-electron chi connectivity index (χ4n) is 16.8. The maximum atomic E-state index is 6.32. The number of rotatable bonds is 12. The first-order chi connectivity index (χ1) is 55.5. The molecule has 0 saturated carbocycles. The van der Waals surface area contributed by atoms with Crippen molar-refractivity contribution in [2.75, 3.05) is 0 Å². The highest BCUT2D eigenvalue weighted by Gasteiger charge is 2.20. The van der Waals surface area contributed by atoms with Gasteiger partial charge in [-0.05, 0) is 173 Å². The summed E-state index contributed by atoms with van der Waals surface area (Å²) in [5.74, 6) is 0. The molecule has 22 aromatic rings. The van der Waals surface area contributed by atoms with E-state index < -0.39 is 0 Å². The van der Waals surface area contributed by atoms with Crippen molar-refractivity contribution in [2.24, 2.45) is 0 Å². The summed E-state index contributed by atoms with van der Waals surface area (Å²) in [7, 11) is 0. The number of aromatic nitrogens is 2. The zero-order chi connectivity index (χ0) is 74.0. The van der Waals surface area contributed by atoms with Crippen molar-refractivity contribution in [3.05, 3.63) is 425 Å². The molecule has 0 aliphatic heterocycles. The second-order valence-electron chi connectivity index (χ2n) is 29.0. The number of furan rings is 2. The Morgan fingerprint density at radius 3 is 0.732 bits per heavy atom. The maximum Gasteiger partial charge on any atom is 0.143 e. The molecule has 0 atom stereocenters. The minimum atomic E-state index is 0.919. The van der Waals surface area contributed by atoms with Crippen LogP contribution in [0, 0.1) is 0 Å². The van der Waals surface area contributed by atoms with E-state index in [2.05, 4.69) is 410 Å². The van der Waals surface area contributed by atoms with Gasteiger partial charge in [0.1, 0.15) is 22.3 Å². The Morgan fingerprint density at radius 1 is 0.143 bits per heavy atom. The monoisotopic (exact) mass is 1430 g/mol. The lowest BCUT2D eigenvalue weighted by Crippen LogP contribution is -1.94. The Hall–Kier alpha value is -14.8. The van der Waals surface area contributed by atoms with Gasteiger partial charge in [0.15, 0.2) is 0 Å². The lowest BCUT2D eigenvalue weighted by molar-refractivity contribution is 0.669. The normalized spacial score (nSPS) is 11.6. The van der Waals surface area contributed by atoms with E-state index in [9.17, 15) is 0 Å². The average Bonchev–Trinajstić information content (AvgIpc) is 1.58. The molecular formula is C108H70N2O2. The molecule has 4 heteroatoms. The zero-order valence-electron chi connectivity index (χ0n) is 61.1. The average molecular weight is 1430 g/mol. The number of benzene rings is 18. The summed E-state index contributed by atoms with van der Waals surface area (Å²) in [6, 6.07) is 153. The van der Waals surface area contributed by atoms with Gasteiger partial charge in [-0.25, -0.2) is 0 Å². The van der Waals surface area contributed by atoms with Crippen LogP contribution in [0.15, 0.2) is 433 Å². The summed E-state index contributed by atoms with van der Waals surface area (Å²) in [6.07, 6.45) is 0. The third-order valence-corrected chi connectivity index (χ3v) is 22.5. The molecule has 0 unspecified atom stereocenters. The number of nitrogens with zero attached hydrogens (tertiary/aromatic N) is 2. The van der Waals surface area contributed by atoms with Gasteiger partial charge in [0.2, 0.25) is 0 Å². The number of hydrogen-bond donors (Lipinski definition) is 0. The Kier molecular flexibility index (Phi) is 16.2. The van der Waals surface area contributed by atoms with Crippen molar-refractivity contribution in [2.45, 2.75) is 0 Å². The largest absolute Gasteiger partial charge is 0.455 e. The predicted octanol–water partition coefficient (Wildman–Crippen LogP) is 30.0. The molecule has 4 aromatic heterocycles. The third kappa shape index (κ3) is 11.8. The van der Waals surface area contributed by atoms with Crippen molar-refractivity contribution in [1.29, 1.82) is 0 Å². The van der Waals surface area contributed by atoms with E-state index in [-0.39, 0.29) is 0 Å². The molecule has 22 rings (SSSR count). The van der Waals surface area contributed by atoms with E-state index >= 15 is 0 Å². The number of para-hydroxylation sites is 4. The zero-order valence-corrected chi connectivity index (χ0v) is 61.1. The van der Waals surface area contributed by atoms with Gasteiger partial charge in [0.25, 0.3) is 0 Å². The van der Waals surface area contributed by atoms with Crippen molar-refractivity contribution < 1.29 is 8.83 Å². The molecule has 0 fully saturated rings. The summed E-state index contributed by atoms with van der Waals surface area (Å²) in [6.45, 7) is 0. The first-order valence-corrected chi connectivity index (χ1v) is 38.3. The van der Waals surface area contributed by atoms with E-state index in [1.54, 1.807) is 0 Å². The molecule has 0 aliphatic carbocycles. The van der Waals surface area contributed by atoms with Gasteiger partial charge >= 0.3 is 0 Å². The molecule has 0 amide bonds. The molecule has 112 heavy (non-hydrogen) atoms. The molecule has 0 aliphatic rings. The smallest absolute Gasteiger partial charge is 0.143 e. The van der Waals surface area contributed by atoms with Crippen molar-refractivity contribution >= 4 is 87.5 Å². The van der Waals surface area contributed by atoms with Gasteiger partial charge in [0, 0.05) is 65.6 Å². The molecule has 4 nitrogen and oxygen atoms in total. The fourth-order valence-corrected chi connectivity index (χ4v) is 16.8. The highest BCUT2D eigenvalue weighted by molar-refractivity contribution is 6.14. The van der Waals surface area contributed by atoms with Crippen LogP contribution in [0.1, 0.15) is 0 Å². The molecule has 0 saturated heterocycles. The standard InChI is InChI=1S/2C54H35NO/c1-3-10-36(11-4-1)43-28-32-47-48-33-29-44(37-12-5-2-6-13-37)35-52(48)55(51(47)34-43)45-30-26-41(27-31-45)39-20-18-38(19-21-39)40-22-24-42(25-23-40)46-15-9-16-50-49-14-7-8-17-53(49)56-54(46)50;1-3-10-36(11-4-1)43-28-32-51-49(34-43)50-35-44(37-12-5-2-6-13-37)29-33-52(50)55(51)45-30-26-41(27-31-45)39-20-18-38(19-21-39)40-22-24-42(25-23-40)46-15-9-16-48-47-14-7-8-17-53(47)56-54(46)48/h2*1-35H. The Bertz CT molecular complexity index is 7070. The van der Waals surface area contributed by atoms with Gasteiger partial charge < -0.3 is 18.0 Å². The summed E-state index contributed by atoms with van der Waals surface area (Å²) in [5, 5.41) is 9.59. The highest BCUT2D eigenvalue weighted by atomic mass is 16.3. The topological polar surface area (TPSA) is 36.1 Å². The summed E-state index contributed by atoms with van der Waals surface area (Å²) in [4.78, 5) is 0. The molecule has 0 N–H and O–H groups in total. The Morgan fingerprint density at radius 2 is 0.393 bits per heavy atom. The van der Waals surface area contributed by atoms with Gasteiger partial charge in [-0.2, -0.15) is 0 Å². The second-order valence-corrected chi connectivity index (χ2v) is 29.0. The lowest BCUT2D eigenvalue weighted by Gasteiger charge is -2.12. The van der Waals surface area contributed by atoms with E-state index in [1.165, 1.54) is 133 Å². The third-order valence-electron chi connectivity index (χ3n) is 22.5. The fraction of sp³-hybridized carbons (Fsp3) is 0. The van der Waals surface area contributed by atoms with Crippen LogP contribution in [0.25, 0.3) is 210 Å². The quantitative estimate of drug-likeness (QED) is 0.122. The molecule has 0 radical (unpaired) electrons. The van der Waals surface area contributed by atoms with E-state index in [0.29, 0.717) is 0 Å². The Labute approximate surface area is 648 Å². The first kappa shape index (κ1) is 65.5. The van der Waals surface area contributed by atoms with Crippen LogP contribution >= 0.6 is 0 Å². The molecule has 524 valence electrons. The molecule has 4 heterocycles. The van der Waals surface area contributed by atoms with Crippen molar-refractivity contribution in [3.63, 3.8) is 0 Å². The number of fused-ring (bicyclic) bond motifs is 12. The van der Waals surface area contributed by atoms with Crippen LogP contribution in [-0.4, -0.2) is 9.13 Å². The van der Waals surface area contributed by atoms with Gasteiger partial charge in [-0.1, -0.05) is 352 Å². The maximum absolute atomic E-state index is 6.32. The van der Waals surface area contributed by atoms with E-state index in [1.807, 2.05) is 24.3 Å². The molecule has 18 aromatic carbocycles. The SMILES string of the molecule is c1ccc(-c2ccc3c(c2)c2cc(-c4ccccc4)ccc2n3-c2ccc(-c3ccc(-c4ccc(-c5cccc6c5oc5ccccc56)cc4)cc3)cc2)cc1.c1ccc(-c2ccc3c4ccc(-c5ccccc5)cc4n(-c4ccc(-c5ccc(-c6ccc(-c7cccc8c7oc7ccccc78)cc6)cc5)cc4)c3c2)cc1. The summed E-state index contributed by atoms with van der Waals surface area (Å²) < 4.78 is 17.5. The van der Waals surface area contributed by atoms with Crippen LogP contribution in [0.4, 0.5) is 0 Å². The predicted molar refractivity (Wildman–Crippen MR) is 470 cm³/mol. The van der Waals surface area contributed by atoms with Crippen LogP contribution in [0.5, 0.6) is 0 Å². The van der Waals surface area contributed by atoms with Crippen molar-refractivity contribution in [1.82, 2.24) is 9.13 Å². The van der Waals surface area contributed by atoms with Gasteiger partial charge in [-0.3, -0.25) is 0 Å². The summed E-state index contributed by atoms with van der Waals surface area (Å²) in [5.41, 5.74) is 34.5. The molecular weight excluding hydrogens is 1360 g/mol. The van der Waals surface area contributed by atoms with Gasteiger partial charge in [-0.15, -0.1) is 0 Å². The molecule has 0 bridgehead atoms. The van der Waals surface area contributed by atoms with Crippen LogP contribution in [0.3, 0.4) is 0 Å². The number of hydrogen-bond acceptors (Lipinski definition) is 2. The second kappa shape index (κ2) is 27.7. The van der Waals surface area contributed by atoms with Crippen LogP contribution in [-0.2, 0) is 0 Å². The minimum absolute atomic E-state index is 0.919. The van der Waals surface area contributed by atoms with E-state index in [0.717, 1.165) is 77.5 Å². The minimum Gasteiger partial charge on any atom is -0.455 e. The molecule has 0 spiro atoms. The first-order valence-electron chi connectivity index (χ1n) is 38.3.